The fraction of sp³-hybridized carbons (Fsp3) is 0.368. The highest BCUT2D eigenvalue weighted by molar-refractivity contribution is 8.00. The predicted molar refractivity (Wildman–Crippen MR) is 109 cm³/mol. The molecule has 2 aromatic rings. The lowest BCUT2D eigenvalue weighted by Crippen LogP contribution is -2.39. The fourth-order valence-corrected chi connectivity index (χ4v) is 3.33. The number of thioether (sulfide) groups is 1. The number of hydrogen-bond acceptors (Lipinski definition) is 4. The molecule has 0 spiro atoms. The number of nitrogens with one attached hydrogen (secondary N) is 2. The smallest absolute Gasteiger partial charge is 0.191 e. The highest BCUT2D eigenvalue weighted by Crippen LogP contribution is 2.21. The number of anilines is 1. The molecule has 134 valence electrons. The maximum Gasteiger partial charge on any atom is 0.191 e. The van der Waals surface area contributed by atoms with Gasteiger partial charge >= 0.3 is 0 Å². The van der Waals surface area contributed by atoms with Gasteiger partial charge in [-0.3, -0.25) is 4.99 Å². The Morgan fingerprint density at radius 3 is 2.60 bits per heavy atom. The number of aliphatic imine (C=N–C) groups is 1. The van der Waals surface area contributed by atoms with Gasteiger partial charge in [0.2, 0.25) is 0 Å². The summed E-state index contributed by atoms with van der Waals surface area (Å²) in [7, 11) is 5.79. The minimum absolute atomic E-state index is 0.441. The molecule has 1 aromatic carbocycles. The molecular formula is C19H27N5S. The van der Waals surface area contributed by atoms with Gasteiger partial charge in [0.15, 0.2) is 5.96 Å². The van der Waals surface area contributed by atoms with Gasteiger partial charge in [0.25, 0.3) is 0 Å². The zero-order valence-corrected chi connectivity index (χ0v) is 16.2. The molecule has 0 fully saturated rings. The van der Waals surface area contributed by atoms with Crippen molar-refractivity contribution in [3.8, 4) is 0 Å². The van der Waals surface area contributed by atoms with E-state index in [9.17, 15) is 0 Å². The SMILES string of the molecule is CN=C(NCc1cccnc1N(C)C)NCC(C)Sc1ccccc1. The van der Waals surface area contributed by atoms with Crippen LogP contribution < -0.4 is 15.5 Å². The van der Waals surface area contributed by atoms with Crippen molar-refractivity contribution in [3.05, 3.63) is 54.2 Å². The van der Waals surface area contributed by atoms with Crippen LogP contribution in [0.5, 0.6) is 0 Å². The second kappa shape index (κ2) is 9.93. The highest BCUT2D eigenvalue weighted by atomic mass is 32.2. The first-order valence-electron chi connectivity index (χ1n) is 8.37. The van der Waals surface area contributed by atoms with Gasteiger partial charge in [-0.25, -0.2) is 4.98 Å². The van der Waals surface area contributed by atoms with Crippen LogP contribution >= 0.6 is 11.8 Å². The summed E-state index contributed by atoms with van der Waals surface area (Å²) in [6.45, 7) is 3.73. The van der Waals surface area contributed by atoms with Crippen LogP contribution in [0.15, 0.2) is 58.5 Å². The Morgan fingerprint density at radius 1 is 1.16 bits per heavy atom. The van der Waals surface area contributed by atoms with Crippen LogP contribution in [0.2, 0.25) is 0 Å². The third-order valence-electron chi connectivity index (χ3n) is 3.60. The van der Waals surface area contributed by atoms with Gasteiger partial charge < -0.3 is 15.5 Å². The van der Waals surface area contributed by atoms with Gasteiger partial charge in [-0.05, 0) is 18.2 Å². The van der Waals surface area contributed by atoms with Crippen LogP contribution in [0.4, 0.5) is 5.82 Å². The lowest BCUT2D eigenvalue weighted by Gasteiger charge is -2.18. The topological polar surface area (TPSA) is 52.6 Å². The van der Waals surface area contributed by atoms with Crippen LogP contribution in [-0.4, -0.2) is 43.9 Å². The Hall–Kier alpha value is -2.21. The summed E-state index contributed by atoms with van der Waals surface area (Å²) in [5, 5.41) is 7.20. The van der Waals surface area contributed by atoms with Crippen LogP contribution in [0, 0.1) is 0 Å². The van der Waals surface area contributed by atoms with E-state index >= 15 is 0 Å². The van der Waals surface area contributed by atoms with Crippen LogP contribution in [0.3, 0.4) is 0 Å². The molecule has 0 aliphatic carbocycles. The monoisotopic (exact) mass is 357 g/mol. The molecule has 1 atom stereocenters. The second-order valence-electron chi connectivity index (χ2n) is 5.93. The zero-order chi connectivity index (χ0) is 18.1. The van der Waals surface area contributed by atoms with E-state index in [1.165, 1.54) is 4.90 Å². The average molecular weight is 358 g/mol. The number of pyridine rings is 1. The first-order chi connectivity index (χ1) is 12.1. The van der Waals surface area contributed by atoms with Crippen molar-refractivity contribution in [2.45, 2.75) is 23.6 Å². The summed E-state index contributed by atoms with van der Waals surface area (Å²) in [5.74, 6) is 1.77. The summed E-state index contributed by atoms with van der Waals surface area (Å²) in [6, 6.07) is 14.5. The Morgan fingerprint density at radius 2 is 1.92 bits per heavy atom. The largest absolute Gasteiger partial charge is 0.362 e. The summed E-state index contributed by atoms with van der Waals surface area (Å²) >= 11 is 1.85. The van der Waals surface area contributed by atoms with Crippen LogP contribution in [0.25, 0.3) is 0 Å². The Labute approximate surface area is 155 Å². The van der Waals surface area contributed by atoms with E-state index < -0.39 is 0 Å². The number of aromatic nitrogens is 1. The van der Waals surface area contributed by atoms with Crippen molar-refractivity contribution in [2.75, 3.05) is 32.6 Å². The lowest BCUT2D eigenvalue weighted by molar-refractivity contribution is 0.787. The Bertz CT molecular complexity index is 673. The van der Waals surface area contributed by atoms with Gasteiger partial charge in [-0.15, -0.1) is 11.8 Å². The molecular weight excluding hydrogens is 330 g/mol. The number of guanidine groups is 1. The van der Waals surface area contributed by atoms with Crippen LogP contribution in [-0.2, 0) is 6.54 Å². The number of rotatable bonds is 7. The molecule has 0 radical (unpaired) electrons. The molecule has 2 N–H and O–H groups in total. The third-order valence-corrected chi connectivity index (χ3v) is 4.71. The van der Waals surface area contributed by atoms with Gasteiger partial charge in [0.1, 0.15) is 5.82 Å². The molecule has 5 nitrogen and oxygen atoms in total. The molecule has 25 heavy (non-hydrogen) atoms. The average Bonchev–Trinajstić information content (AvgIpc) is 2.63. The first kappa shape index (κ1) is 19.1. The Kier molecular flexibility index (Phi) is 7.60. The summed E-state index contributed by atoms with van der Waals surface area (Å²) < 4.78 is 0. The van der Waals surface area contributed by atoms with Crippen molar-refractivity contribution < 1.29 is 0 Å². The number of nitrogens with zero attached hydrogens (tertiary/aromatic N) is 3. The predicted octanol–water partition coefficient (Wildman–Crippen LogP) is 2.99. The molecule has 6 heteroatoms. The molecule has 1 aromatic heterocycles. The molecule has 0 saturated carbocycles. The molecule has 0 bridgehead atoms. The van der Waals surface area contributed by atoms with E-state index in [4.69, 9.17) is 0 Å². The van der Waals surface area contributed by atoms with E-state index in [0.29, 0.717) is 11.8 Å². The lowest BCUT2D eigenvalue weighted by atomic mass is 10.2. The molecule has 0 aliphatic rings. The van der Waals surface area contributed by atoms with E-state index in [2.05, 4.69) is 57.9 Å². The van der Waals surface area contributed by atoms with Crippen molar-refractivity contribution in [2.24, 2.45) is 4.99 Å². The molecule has 2 rings (SSSR count). The van der Waals surface area contributed by atoms with Crippen LogP contribution in [0.1, 0.15) is 12.5 Å². The second-order valence-corrected chi connectivity index (χ2v) is 7.44. The third kappa shape index (κ3) is 6.31. The molecule has 0 amide bonds. The summed E-state index contributed by atoms with van der Waals surface area (Å²) in [5.41, 5.74) is 1.14. The molecule has 0 saturated heterocycles. The number of benzene rings is 1. The maximum absolute atomic E-state index is 4.43. The molecule has 0 aliphatic heterocycles. The standard InChI is InChI=1S/C19H27N5S/c1-15(25-17-10-6-5-7-11-17)13-22-19(20-2)23-14-16-9-8-12-21-18(16)24(3)4/h5-12,15H,13-14H2,1-4H3,(H2,20,22,23). The van der Waals surface area contributed by atoms with Gasteiger partial charge in [-0.1, -0.05) is 31.2 Å². The number of hydrogen-bond donors (Lipinski definition) is 2. The quantitative estimate of drug-likeness (QED) is 0.453. The minimum Gasteiger partial charge on any atom is -0.362 e. The molecule has 1 heterocycles. The summed E-state index contributed by atoms with van der Waals surface area (Å²) in [6.07, 6.45) is 1.81. The fourth-order valence-electron chi connectivity index (χ4n) is 2.38. The van der Waals surface area contributed by atoms with E-state index in [1.54, 1.807) is 7.05 Å². The van der Waals surface area contributed by atoms with Crippen molar-refractivity contribution in [3.63, 3.8) is 0 Å². The van der Waals surface area contributed by atoms with Gasteiger partial charge in [-0.2, -0.15) is 0 Å². The van der Waals surface area contributed by atoms with E-state index in [0.717, 1.165) is 23.9 Å². The van der Waals surface area contributed by atoms with Crippen molar-refractivity contribution in [1.29, 1.82) is 0 Å². The van der Waals surface area contributed by atoms with Crippen molar-refractivity contribution in [1.82, 2.24) is 15.6 Å². The van der Waals surface area contributed by atoms with E-state index in [-0.39, 0.29) is 0 Å². The molecule has 1 unspecified atom stereocenters. The zero-order valence-electron chi connectivity index (χ0n) is 15.4. The van der Waals surface area contributed by atoms with Crippen molar-refractivity contribution >= 4 is 23.5 Å². The summed E-state index contributed by atoms with van der Waals surface area (Å²) in [4.78, 5) is 12.0. The highest BCUT2D eigenvalue weighted by Gasteiger charge is 2.08. The Balaban J connectivity index is 1.83. The van der Waals surface area contributed by atoms with Gasteiger partial charge in [0.05, 0.1) is 0 Å². The van der Waals surface area contributed by atoms with E-state index in [1.807, 2.05) is 49.1 Å². The maximum atomic E-state index is 4.43. The minimum atomic E-state index is 0.441. The normalized spacial score (nSPS) is 12.6. The first-order valence-corrected chi connectivity index (χ1v) is 9.25. The van der Waals surface area contributed by atoms with Gasteiger partial charge in [0, 0.05) is 56.1 Å².